The summed E-state index contributed by atoms with van der Waals surface area (Å²) in [7, 11) is 0. The van der Waals surface area contributed by atoms with Gasteiger partial charge in [0.05, 0.1) is 31.5 Å². The fraction of sp³-hybridized carbons (Fsp3) is 0.933. The molecule has 10 atom stereocenters. The monoisotopic (exact) mass is 381 g/mol. The average molecular weight is 381 g/mol. The highest BCUT2D eigenvalue weighted by Crippen LogP contribution is 2.33. The predicted molar refractivity (Wildman–Crippen MR) is 83.5 cm³/mol. The molecule has 0 bridgehead atoms. The van der Waals surface area contributed by atoms with E-state index < -0.39 is 80.1 Å². The molecule has 0 aromatic carbocycles. The molecule has 2 saturated heterocycles. The zero-order chi connectivity index (χ0) is 19.6. The van der Waals surface area contributed by atoms with Gasteiger partial charge in [-0.05, 0) is 6.42 Å². The third kappa shape index (κ3) is 4.32. The summed E-state index contributed by atoms with van der Waals surface area (Å²) in [6.45, 7) is 0.0210. The Morgan fingerprint density at radius 1 is 0.846 bits per heavy atom. The van der Waals surface area contributed by atoms with Crippen molar-refractivity contribution in [2.75, 3.05) is 13.2 Å². The molecule has 11 heteroatoms. The molecule has 152 valence electrons. The molecule has 0 aromatic rings. The van der Waals surface area contributed by atoms with Gasteiger partial charge < -0.3 is 50.5 Å². The quantitative estimate of drug-likeness (QED) is 0.230. The molecule has 0 spiro atoms. The number of aliphatic hydroxyl groups excluding tert-OH is 7. The number of hydrogen-bond donors (Lipinski definition) is 8. The smallest absolute Gasteiger partial charge is 0.217 e. The minimum absolute atomic E-state index is 0.148. The molecule has 2 fully saturated rings. The van der Waals surface area contributed by atoms with E-state index in [0.29, 0.717) is 0 Å². The van der Waals surface area contributed by atoms with E-state index in [1.807, 2.05) is 0 Å². The van der Waals surface area contributed by atoms with Gasteiger partial charge in [-0.2, -0.15) is 0 Å². The number of ether oxygens (including phenoxy) is 2. The Hall–Kier alpha value is -0.890. The van der Waals surface area contributed by atoms with Crippen molar-refractivity contribution in [3.63, 3.8) is 0 Å². The summed E-state index contributed by atoms with van der Waals surface area (Å²) < 4.78 is 10.5. The number of nitrogens with one attached hydrogen (secondary N) is 1. The van der Waals surface area contributed by atoms with Crippen LogP contribution < -0.4 is 5.32 Å². The van der Waals surface area contributed by atoms with E-state index in [1.165, 1.54) is 6.92 Å². The number of aliphatic hydroxyl groups is 7. The van der Waals surface area contributed by atoms with Crippen LogP contribution in [0.2, 0.25) is 0 Å². The summed E-state index contributed by atoms with van der Waals surface area (Å²) in [5.41, 5.74) is 0. The fourth-order valence-corrected chi connectivity index (χ4v) is 3.54. The standard InChI is InChI=1S/C15H27NO10/c1-5(19)16-10-6(11(20)8(3-17)26-15(10)24)2-7-12(21)14(23)13(22)9(4-18)25-7/h6-15,17-18,20-24H,2-4H2,1H3,(H,16,19)/t6-,7-,8-,9-,10+,11-,12-,13-,14-,15?/m1/s1. The molecule has 2 aliphatic rings. The Bertz CT molecular complexity index is 477. The minimum atomic E-state index is -1.58. The minimum Gasteiger partial charge on any atom is -0.394 e. The maximum atomic E-state index is 11.4. The molecular formula is C15H27NO10. The van der Waals surface area contributed by atoms with Gasteiger partial charge in [0.25, 0.3) is 0 Å². The largest absolute Gasteiger partial charge is 0.394 e. The van der Waals surface area contributed by atoms with E-state index in [4.69, 9.17) is 9.47 Å². The number of carbonyl (C=O) groups is 1. The second-order valence-electron chi connectivity index (χ2n) is 6.73. The molecule has 0 aromatic heterocycles. The molecule has 1 unspecified atom stereocenters. The molecule has 1 amide bonds. The van der Waals surface area contributed by atoms with Crippen molar-refractivity contribution < 1.29 is 50.0 Å². The van der Waals surface area contributed by atoms with Gasteiger partial charge >= 0.3 is 0 Å². The Labute approximate surface area is 149 Å². The molecule has 11 nitrogen and oxygen atoms in total. The molecule has 8 N–H and O–H groups in total. The van der Waals surface area contributed by atoms with Gasteiger partial charge in [-0.25, -0.2) is 0 Å². The summed E-state index contributed by atoms with van der Waals surface area (Å²) in [5.74, 6) is -1.40. The van der Waals surface area contributed by atoms with Crippen LogP contribution >= 0.6 is 0 Å². The van der Waals surface area contributed by atoms with Crippen molar-refractivity contribution in [3.05, 3.63) is 0 Å². The first-order valence-corrected chi connectivity index (χ1v) is 8.41. The number of hydrogen-bond acceptors (Lipinski definition) is 10. The van der Waals surface area contributed by atoms with Crippen LogP contribution in [-0.2, 0) is 14.3 Å². The predicted octanol–water partition coefficient (Wildman–Crippen LogP) is -4.59. The van der Waals surface area contributed by atoms with Gasteiger partial charge in [-0.1, -0.05) is 0 Å². The van der Waals surface area contributed by atoms with Crippen molar-refractivity contribution >= 4 is 5.91 Å². The number of amides is 1. The highest BCUT2D eigenvalue weighted by Gasteiger charge is 2.49. The maximum absolute atomic E-state index is 11.4. The first kappa shape index (κ1) is 21.4. The van der Waals surface area contributed by atoms with Crippen molar-refractivity contribution in [1.82, 2.24) is 5.32 Å². The average Bonchev–Trinajstić information content (AvgIpc) is 2.60. The van der Waals surface area contributed by atoms with Crippen molar-refractivity contribution in [2.45, 2.75) is 68.4 Å². The van der Waals surface area contributed by atoms with Gasteiger partial charge in [0.1, 0.15) is 30.5 Å². The fourth-order valence-electron chi connectivity index (χ4n) is 3.54. The third-order valence-electron chi connectivity index (χ3n) is 4.95. The van der Waals surface area contributed by atoms with Crippen LogP contribution in [0, 0.1) is 5.92 Å². The topological polar surface area (TPSA) is 189 Å². The van der Waals surface area contributed by atoms with E-state index in [0.717, 1.165) is 0 Å². The van der Waals surface area contributed by atoms with E-state index in [-0.39, 0.29) is 6.42 Å². The van der Waals surface area contributed by atoms with Crippen LogP contribution in [0.3, 0.4) is 0 Å². The maximum Gasteiger partial charge on any atom is 0.217 e. The summed E-state index contributed by atoms with van der Waals surface area (Å²) >= 11 is 0. The van der Waals surface area contributed by atoms with Crippen LogP contribution in [0.5, 0.6) is 0 Å². The summed E-state index contributed by atoms with van der Waals surface area (Å²) in [4.78, 5) is 11.4. The zero-order valence-corrected chi connectivity index (χ0v) is 14.3. The van der Waals surface area contributed by atoms with Crippen LogP contribution in [0.25, 0.3) is 0 Å². The van der Waals surface area contributed by atoms with Gasteiger partial charge in [0.2, 0.25) is 5.91 Å². The van der Waals surface area contributed by atoms with Gasteiger partial charge in [-0.3, -0.25) is 4.79 Å². The first-order valence-electron chi connectivity index (χ1n) is 8.41. The summed E-state index contributed by atoms with van der Waals surface area (Å²) in [6, 6.07) is -1.06. The van der Waals surface area contributed by atoms with E-state index in [2.05, 4.69) is 5.32 Å². The molecule has 2 heterocycles. The molecular weight excluding hydrogens is 354 g/mol. The summed E-state index contributed by atoms with van der Waals surface area (Å²) in [6.07, 6.45) is -10.9. The Morgan fingerprint density at radius 3 is 1.92 bits per heavy atom. The third-order valence-corrected chi connectivity index (χ3v) is 4.95. The second kappa shape index (κ2) is 8.87. The van der Waals surface area contributed by atoms with Crippen molar-refractivity contribution in [2.24, 2.45) is 5.92 Å². The Balaban J connectivity index is 2.21. The van der Waals surface area contributed by atoms with Crippen molar-refractivity contribution in [1.29, 1.82) is 0 Å². The number of rotatable bonds is 5. The van der Waals surface area contributed by atoms with Gasteiger partial charge in [0, 0.05) is 12.8 Å². The second-order valence-corrected chi connectivity index (χ2v) is 6.73. The molecule has 2 rings (SSSR count). The lowest BCUT2D eigenvalue weighted by Crippen LogP contribution is -2.64. The highest BCUT2D eigenvalue weighted by atomic mass is 16.6. The van der Waals surface area contributed by atoms with E-state index in [1.54, 1.807) is 0 Å². The van der Waals surface area contributed by atoms with Crippen molar-refractivity contribution in [3.8, 4) is 0 Å². The Morgan fingerprint density at radius 2 is 1.38 bits per heavy atom. The van der Waals surface area contributed by atoms with Gasteiger partial charge in [-0.15, -0.1) is 0 Å². The van der Waals surface area contributed by atoms with E-state index >= 15 is 0 Å². The SMILES string of the molecule is CC(=O)N[C@@H]1C(O)O[C@H](CO)[C@H](O)[C@@H]1C[C@H]1O[C@H](CO)[C@@H](O)[C@H](O)[C@@H]1O. The lowest BCUT2D eigenvalue weighted by Gasteiger charge is -2.46. The Kier molecular flexibility index (Phi) is 7.30. The van der Waals surface area contributed by atoms with Crippen LogP contribution in [-0.4, -0.2) is 110 Å². The van der Waals surface area contributed by atoms with Crippen LogP contribution in [0.1, 0.15) is 13.3 Å². The van der Waals surface area contributed by atoms with Gasteiger partial charge in [0.15, 0.2) is 6.29 Å². The lowest BCUT2D eigenvalue weighted by molar-refractivity contribution is -0.261. The highest BCUT2D eigenvalue weighted by molar-refractivity contribution is 5.73. The molecule has 0 saturated carbocycles. The lowest BCUT2D eigenvalue weighted by atomic mass is 9.80. The number of carbonyl (C=O) groups excluding carboxylic acids is 1. The summed E-state index contributed by atoms with van der Waals surface area (Å²) in [5, 5.41) is 71.5. The van der Waals surface area contributed by atoms with E-state index in [9.17, 15) is 40.5 Å². The molecule has 2 aliphatic heterocycles. The molecule has 26 heavy (non-hydrogen) atoms. The normalized spacial score (nSPS) is 46.8. The van der Waals surface area contributed by atoms with Crippen LogP contribution in [0.4, 0.5) is 0 Å². The molecule has 0 radical (unpaired) electrons. The molecule has 0 aliphatic carbocycles. The first-order chi connectivity index (χ1) is 12.2. The van der Waals surface area contributed by atoms with Crippen LogP contribution in [0.15, 0.2) is 0 Å². The zero-order valence-electron chi connectivity index (χ0n) is 14.3.